The molecule has 1 aliphatic rings. The van der Waals surface area contributed by atoms with Crippen LogP contribution >= 0.6 is 24.0 Å². The maximum atomic E-state index is 12.4. The molecule has 3 atom stereocenters. The number of rotatable bonds is 5. The van der Waals surface area contributed by atoms with Crippen molar-refractivity contribution < 1.29 is 4.79 Å². The van der Waals surface area contributed by atoms with Gasteiger partial charge in [0.05, 0.1) is 0 Å². The lowest BCUT2D eigenvalue weighted by atomic mass is 9.93. The number of hydrogen-bond donors (Lipinski definition) is 1. The Balaban J connectivity index is 0.00000242. The molecule has 1 aromatic rings. The van der Waals surface area contributed by atoms with E-state index >= 15 is 0 Å². The third-order valence-electron chi connectivity index (χ3n) is 4.71. The molecule has 1 N–H and O–H groups in total. The van der Waals surface area contributed by atoms with Gasteiger partial charge in [0.25, 0.3) is 0 Å². The minimum Gasteiger partial charge on any atom is -0.342 e. The molecular formula is C17H26Cl2N2O. The van der Waals surface area contributed by atoms with Crippen LogP contribution in [0.15, 0.2) is 24.3 Å². The van der Waals surface area contributed by atoms with Crippen LogP contribution in [0, 0.1) is 0 Å². The second-order valence-electron chi connectivity index (χ2n) is 6.08. The number of carbonyl (C=O) groups excluding carboxylic acids is 1. The molecule has 0 saturated carbocycles. The van der Waals surface area contributed by atoms with Gasteiger partial charge in [-0.05, 0) is 44.0 Å². The molecule has 1 aliphatic heterocycles. The van der Waals surface area contributed by atoms with Gasteiger partial charge < -0.3 is 10.2 Å². The van der Waals surface area contributed by atoms with E-state index in [-0.39, 0.29) is 30.3 Å². The first-order valence-corrected chi connectivity index (χ1v) is 8.11. The summed E-state index contributed by atoms with van der Waals surface area (Å²) in [6, 6.07) is 8.42. The molecule has 1 aromatic carbocycles. The van der Waals surface area contributed by atoms with Crippen LogP contribution in [0.3, 0.4) is 0 Å². The zero-order chi connectivity index (χ0) is 15.4. The van der Waals surface area contributed by atoms with Crippen LogP contribution in [0.4, 0.5) is 0 Å². The third-order valence-corrected chi connectivity index (χ3v) is 4.96. The predicted octanol–water partition coefficient (Wildman–Crippen LogP) is 3.85. The monoisotopic (exact) mass is 344 g/mol. The fourth-order valence-electron chi connectivity index (χ4n) is 2.89. The molecule has 2 rings (SSSR count). The summed E-state index contributed by atoms with van der Waals surface area (Å²) in [5.74, 6) is 0.510. The largest absolute Gasteiger partial charge is 0.342 e. The molecular weight excluding hydrogens is 319 g/mol. The Kier molecular flexibility index (Phi) is 7.67. The molecule has 0 radical (unpaired) electrons. The molecule has 1 amide bonds. The first-order chi connectivity index (χ1) is 9.99. The maximum absolute atomic E-state index is 12.4. The number of nitrogens with one attached hydrogen (secondary N) is 1. The number of carbonyl (C=O) groups is 1. The van der Waals surface area contributed by atoms with E-state index in [0.717, 1.165) is 18.0 Å². The number of hydrogen-bond acceptors (Lipinski definition) is 2. The number of likely N-dealkylation sites (N-methyl/N-ethyl adjacent to an activating group) is 1. The van der Waals surface area contributed by atoms with Gasteiger partial charge in [-0.3, -0.25) is 4.79 Å². The minimum atomic E-state index is 0. The third kappa shape index (κ3) is 4.87. The van der Waals surface area contributed by atoms with E-state index in [9.17, 15) is 4.79 Å². The van der Waals surface area contributed by atoms with E-state index < -0.39 is 0 Å². The van der Waals surface area contributed by atoms with Crippen LogP contribution in [0.5, 0.6) is 0 Å². The van der Waals surface area contributed by atoms with Gasteiger partial charge in [-0.25, -0.2) is 0 Å². The Morgan fingerprint density at radius 2 is 2.00 bits per heavy atom. The molecule has 1 heterocycles. The average Bonchev–Trinajstić information content (AvgIpc) is 2.98. The molecule has 22 heavy (non-hydrogen) atoms. The highest BCUT2D eigenvalue weighted by Crippen LogP contribution is 2.24. The lowest BCUT2D eigenvalue weighted by Crippen LogP contribution is -2.40. The van der Waals surface area contributed by atoms with Crippen molar-refractivity contribution in [2.75, 3.05) is 13.6 Å². The average molecular weight is 345 g/mol. The van der Waals surface area contributed by atoms with Gasteiger partial charge in [0.2, 0.25) is 5.91 Å². The Morgan fingerprint density at radius 3 is 2.55 bits per heavy atom. The van der Waals surface area contributed by atoms with Gasteiger partial charge in [0.15, 0.2) is 0 Å². The van der Waals surface area contributed by atoms with Crippen molar-refractivity contribution in [1.29, 1.82) is 0 Å². The highest BCUT2D eigenvalue weighted by molar-refractivity contribution is 6.30. The van der Waals surface area contributed by atoms with Crippen molar-refractivity contribution in [3.05, 3.63) is 34.9 Å². The van der Waals surface area contributed by atoms with Gasteiger partial charge in [0, 0.05) is 36.5 Å². The SMILES string of the molecule is CC(c1ccc(Cl)cc1)C(C)N(C)C(=O)CC1CCCN1.Cl. The van der Waals surface area contributed by atoms with E-state index in [1.165, 1.54) is 12.0 Å². The van der Waals surface area contributed by atoms with Crippen molar-refractivity contribution in [2.24, 2.45) is 0 Å². The van der Waals surface area contributed by atoms with E-state index in [1.54, 1.807) is 0 Å². The lowest BCUT2D eigenvalue weighted by Gasteiger charge is -2.31. The first kappa shape index (κ1) is 19.3. The van der Waals surface area contributed by atoms with Crippen molar-refractivity contribution in [1.82, 2.24) is 10.2 Å². The molecule has 0 aromatic heterocycles. The zero-order valence-electron chi connectivity index (χ0n) is 13.5. The van der Waals surface area contributed by atoms with Crippen LogP contribution in [0.25, 0.3) is 0 Å². The standard InChI is InChI=1S/C17H25ClN2O.ClH/c1-12(14-6-8-15(18)9-7-14)13(2)20(3)17(21)11-16-5-4-10-19-16;/h6-9,12-13,16,19H,4-5,10-11H2,1-3H3;1H. The van der Waals surface area contributed by atoms with Gasteiger partial charge >= 0.3 is 0 Å². The number of benzene rings is 1. The van der Waals surface area contributed by atoms with Crippen molar-refractivity contribution in [3.8, 4) is 0 Å². The van der Waals surface area contributed by atoms with Crippen LogP contribution in [0.1, 0.15) is 44.6 Å². The quantitative estimate of drug-likeness (QED) is 0.879. The topological polar surface area (TPSA) is 32.3 Å². The second-order valence-corrected chi connectivity index (χ2v) is 6.52. The Hall–Kier alpha value is -0.770. The van der Waals surface area contributed by atoms with Crippen LogP contribution in [-0.2, 0) is 4.79 Å². The predicted molar refractivity (Wildman–Crippen MR) is 95.0 cm³/mol. The van der Waals surface area contributed by atoms with E-state index in [1.807, 2.05) is 36.2 Å². The number of amides is 1. The summed E-state index contributed by atoms with van der Waals surface area (Å²) in [6.07, 6.45) is 2.90. The molecule has 0 spiro atoms. The normalized spacial score (nSPS) is 20.1. The van der Waals surface area contributed by atoms with Crippen molar-refractivity contribution in [3.63, 3.8) is 0 Å². The number of nitrogens with zero attached hydrogens (tertiary/aromatic N) is 1. The molecule has 0 bridgehead atoms. The fourth-order valence-corrected chi connectivity index (χ4v) is 3.02. The zero-order valence-corrected chi connectivity index (χ0v) is 15.1. The summed E-state index contributed by atoms with van der Waals surface area (Å²) >= 11 is 5.93. The van der Waals surface area contributed by atoms with Gasteiger partial charge in [-0.15, -0.1) is 12.4 Å². The minimum absolute atomic E-state index is 0. The highest BCUT2D eigenvalue weighted by Gasteiger charge is 2.25. The Morgan fingerprint density at radius 1 is 1.36 bits per heavy atom. The van der Waals surface area contributed by atoms with Crippen LogP contribution in [0.2, 0.25) is 5.02 Å². The summed E-state index contributed by atoms with van der Waals surface area (Å²) in [6.45, 7) is 5.31. The molecule has 0 aliphatic carbocycles. The van der Waals surface area contributed by atoms with E-state index in [2.05, 4.69) is 19.2 Å². The molecule has 3 unspecified atom stereocenters. The lowest BCUT2D eigenvalue weighted by molar-refractivity contribution is -0.132. The second kappa shape index (κ2) is 8.76. The van der Waals surface area contributed by atoms with Crippen LogP contribution < -0.4 is 5.32 Å². The molecule has 5 heteroatoms. The fraction of sp³-hybridized carbons (Fsp3) is 0.588. The molecule has 1 saturated heterocycles. The van der Waals surface area contributed by atoms with Crippen molar-refractivity contribution in [2.45, 2.75) is 51.1 Å². The molecule has 1 fully saturated rings. The van der Waals surface area contributed by atoms with Crippen LogP contribution in [-0.4, -0.2) is 36.5 Å². The van der Waals surface area contributed by atoms with E-state index in [0.29, 0.717) is 12.5 Å². The van der Waals surface area contributed by atoms with Crippen molar-refractivity contribution >= 4 is 29.9 Å². The van der Waals surface area contributed by atoms with Gasteiger partial charge in [0.1, 0.15) is 0 Å². The summed E-state index contributed by atoms with van der Waals surface area (Å²) in [5, 5.41) is 4.13. The summed E-state index contributed by atoms with van der Waals surface area (Å²) < 4.78 is 0. The van der Waals surface area contributed by atoms with Gasteiger partial charge in [-0.2, -0.15) is 0 Å². The van der Waals surface area contributed by atoms with Gasteiger partial charge in [-0.1, -0.05) is 30.7 Å². The first-order valence-electron chi connectivity index (χ1n) is 7.73. The smallest absolute Gasteiger partial charge is 0.224 e. The Bertz CT molecular complexity index is 472. The molecule has 124 valence electrons. The summed E-state index contributed by atoms with van der Waals surface area (Å²) in [7, 11) is 1.91. The maximum Gasteiger partial charge on any atom is 0.224 e. The highest BCUT2D eigenvalue weighted by atomic mass is 35.5. The summed E-state index contributed by atoms with van der Waals surface area (Å²) in [4.78, 5) is 14.3. The number of halogens is 2. The Labute approximate surface area is 144 Å². The summed E-state index contributed by atoms with van der Waals surface area (Å²) in [5.41, 5.74) is 1.21. The van der Waals surface area contributed by atoms with E-state index in [4.69, 9.17) is 11.6 Å². The molecule has 3 nitrogen and oxygen atoms in total.